The van der Waals surface area contributed by atoms with Crippen LogP contribution in [0.2, 0.25) is 0 Å². The molecule has 3 unspecified atom stereocenters. The van der Waals surface area contributed by atoms with E-state index in [1.807, 2.05) is 25.2 Å². The van der Waals surface area contributed by atoms with Crippen LogP contribution in [0.5, 0.6) is 0 Å². The number of allylic oxidation sites excluding steroid dienone is 3. The lowest BCUT2D eigenvalue weighted by Gasteiger charge is -2.23. The summed E-state index contributed by atoms with van der Waals surface area (Å²) in [6, 6.07) is -0.154. The van der Waals surface area contributed by atoms with Crippen molar-refractivity contribution in [2.45, 2.75) is 23.7 Å². The SMILES string of the molecule is CC(NO)C1=CC=CC(Cl)C1Cl. The lowest BCUT2D eigenvalue weighted by molar-refractivity contribution is 0.144. The van der Waals surface area contributed by atoms with Gasteiger partial charge in [-0.2, -0.15) is 5.48 Å². The number of hydrogen-bond donors (Lipinski definition) is 2. The second kappa shape index (κ2) is 4.28. The predicted octanol–water partition coefficient (Wildman–Crippen LogP) is 2.06. The first kappa shape index (κ1) is 10.1. The van der Waals surface area contributed by atoms with E-state index in [-0.39, 0.29) is 16.8 Å². The number of nitrogens with one attached hydrogen (secondary N) is 1. The third-order valence-corrected chi connectivity index (χ3v) is 2.93. The Bertz CT molecular complexity index is 215. The summed E-state index contributed by atoms with van der Waals surface area (Å²) >= 11 is 11.9. The van der Waals surface area contributed by atoms with Crippen LogP contribution in [-0.4, -0.2) is 22.0 Å². The van der Waals surface area contributed by atoms with Crippen LogP contribution in [0.3, 0.4) is 0 Å². The first-order chi connectivity index (χ1) is 5.66. The molecule has 1 rings (SSSR count). The number of hydrogen-bond acceptors (Lipinski definition) is 2. The van der Waals surface area contributed by atoms with Crippen LogP contribution >= 0.6 is 23.2 Å². The zero-order chi connectivity index (χ0) is 9.14. The van der Waals surface area contributed by atoms with Gasteiger partial charge in [-0.1, -0.05) is 18.2 Å². The van der Waals surface area contributed by atoms with Gasteiger partial charge < -0.3 is 5.21 Å². The summed E-state index contributed by atoms with van der Waals surface area (Å²) in [5.74, 6) is 0. The first-order valence-electron chi connectivity index (χ1n) is 3.73. The molecule has 4 heteroatoms. The molecule has 0 saturated heterocycles. The number of rotatable bonds is 2. The lowest BCUT2D eigenvalue weighted by Crippen LogP contribution is -2.32. The van der Waals surface area contributed by atoms with Crippen molar-refractivity contribution in [1.82, 2.24) is 5.48 Å². The molecule has 0 bridgehead atoms. The molecule has 2 N–H and O–H groups in total. The van der Waals surface area contributed by atoms with Gasteiger partial charge in [0.1, 0.15) is 0 Å². The molecule has 2 nitrogen and oxygen atoms in total. The molecule has 0 heterocycles. The second-order valence-corrected chi connectivity index (χ2v) is 3.72. The van der Waals surface area contributed by atoms with Gasteiger partial charge in [-0.3, -0.25) is 0 Å². The molecule has 0 spiro atoms. The molecule has 68 valence electrons. The predicted molar refractivity (Wildman–Crippen MR) is 50.9 cm³/mol. The van der Waals surface area contributed by atoms with Crippen LogP contribution in [-0.2, 0) is 0 Å². The fourth-order valence-electron chi connectivity index (χ4n) is 1.10. The van der Waals surface area contributed by atoms with Crippen molar-refractivity contribution in [2.24, 2.45) is 0 Å². The van der Waals surface area contributed by atoms with E-state index in [1.54, 1.807) is 0 Å². The maximum atomic E-state index is 8.67. The van der Waals surface area contributed by atoms with Crippen molar-refractivity contribution in [1.29, 1.82) is 0 Å². The van der Waals surface area contributed by atoms with Crippen molar-refractivity contribution in [2.75, 3.05) is 0 Å². The van der Waals surface area contributed by atoms with Gasteiger partial charge in [-0.15, -0.1) is 23.2 Å². The fourth-order valence-corrected chi connectivity index (χ4v) is 1.68. The minimum Gasteiger partial charge on any atom is -0.316 e. The van der Waals surface area contributed by atoms with Gasteiger partial charge in [0.25, 0.3) is 0 Å². The van der Waals surface area contributed by atoms with Gasteiger partial charge in [0, 0.05) is 0 Å². The number of hydroxylamine groups is 1. The summed E-state index contributed by atoms with van der Waals surface area (Å²) in [7, 11) is 0. The van der Waals surface area contributed by atoms with E-state index in [9.17, 15) is 0 Å². The Morgan fingerprint density at radius 1 is 1.58 bits per heavy atom. The Balaban J connectivity index is 2.75. The highest BCUT2D eigenvalue weighted by Crippen LogP contribution is 2.25. The van der Waals surface area contributed by atoms with Crippen molar-refractivity contribution in [3.8, 4) is 0 Å². The molecule has 0 aliphatic heterocycles. The normalized spacial score (nSPS) is 31.5. The topological polar surface area (TPSA) is 32.3 Å². The largest absolute Gasteiger partial charge is 0.316 e. The van der Waals surface area contributed by atoms with E-state index in [0.717, 1.165) is 5.57 Å². The molecule has 0 aromatic rings. The zero-order valence-corrected chi connectivity index (χ0v) is 8.18. The monoisotopic (exact) mass is 207 g/mol. The number of alkyl halides is 2. The van der Waals surface area contributed by atoms with Gasteiger partial charge in [0.15, 0.2) is 0 Å². The Kier molecular flexibility index (Phi) is 3.59. The molecule has 1 aliphatic rings. The lowest BCUT2D eigenvalue weighted by atomic mass is 9.99. The van der Waals surface area contributed by atoms with Gasteiger partial charge >= 0.3 is 0 Å². The van der Waals surface area contributed by atoms with Gasteiger partial charge in [-0.05, 0) is 12.5 Å². The van der Waals surface area contributed by atoms with Crippen LogP contribution in [0.4, 0.5) is 0 Å². The maximum Gasteiger partial charge on any atom is 0.0763 e. The summed E-state index contributed by atoms with van der Waals surface area (Å²) in [6.45, 7) is 1.82. The van der Waals surface area contributed by atoms with Crippen molar-refractivity contribution >= 4 is 23.2 Å². The summed E-state index contributed by atoms with van der Waals surface area (Å²) in [6.07, 6.45) is 5.54. The quantitative estimate of drug-likeness (QED) is 0.537. The van der Waals surface area contributed by atoms with Crippen LogP contribution in [0, 0.1) is 0 Å². The summed E-state index contributed by atoms with van der Waals surface area (Å²) in [5.41, 5.74) is 3.04. The Labute approximate surface area is 81.8 Å². The molecule has 0 aromatic carbocycles. The summed E-state index contributed by atoms with van der Waals surface area (Å²) < 4.78 is 0. The van der Waals surface area contributed by atoms with Crippen LogP contribution in [0.25, 0.3) is 0 Å². The molecule has 0 aromatic heterocycles. The molecule has 0 amide bonds. The van der Waals surface area contributed by atoms with E-state index >= 15 is 0 Å². The third-order valence-electron chi connectivity index (χ3n) is 1.88. The van der Waals surface area contributed by atoms with Crippen LogP contribution in [0.15, 0.2) is 23.8 Å². The third kappa shape index (κ3) is 2.02. The molecule has 0 saturated carbocycles. The van der Waals surface area contributed by atoms with E-state index in [0.29, 0.717) is 0 Å². The molecule has 1 aliphatic carbocycles. The van der Waals surface area contributed by atoms with Gasteiger partial charge in [0.05, 0.1) is 16.8 Å². The molecule has 3 atom stereocenters. The van der Waals surface area contributed by atoms with Crippen molar-refractivity contribution in [3.05, 3.63) is 23.8 Å². The van der Waals surface area contributed by atoms with Crippen molar-refractivity contribution < 1.29 is 5.21 Å². The average molecular weight is 208 g/mol. The van der Waals surface area contributed by atoms with Gasteiger partial charge in [-0.25, -0.2) is 0 Å². The molecular formula is C8H11Cl2NO. The van der Waals surface area contributed by atoms with Crippen LogP contribution < -0.4 is 5.48 Å². The summed E-state index contributed by atoms with van der Waals surface area (Å²) in [4.78, 5) is 0. The standard InChI is InChI=1S/C8H11Cl2NO/c1-5(11-12)6-3-2-4-7(9)8(6)10/h2-5,7-8,11-12H,1H3. The maximum absolute atomic E-state index is 8.67. The minimum absolute atomic E-state index is 0.154. The number of halogens is 2. The highest BCUT2D eigenvalue weighted by atomic mass is 35.5. The van der Waals surface area contributed by atoms with Crippen LogP contribution in [0.1, 0.15) is 6.92 Å². The summed E-state index contributed by atoms with van der Waals surface area (Å²) in [5, 5.41) is 8.24. The van der Waals surface area contributed by atoms with E-state index in [1.165, 1.54) is 0 Å². The van der Waals surface area contributed by atoms with Gasteiger partial charge in [0.2, 0.25) is 0 Å². The molecule has 0 radical (unpaired) electrons. The molecule has 12 heavy (non-hydrogen) atoms. The zero-order valence-electron chi connectivity index (χ0n) is 6.67. The first-order valence-corrected chi connectivity index (χ1v) is 4.60. The smallest absolute Gasteiger partial charge is 0.0763 e. The van der Waals surface area contributed by atoms with Crippen molar-refractivity contribution in [3.63, 3.8) is 0 Å². The Hall–Kier alpha value is -0.0200. The van der Waals surface area contributed by atoms with E-state index in [2.05, 4.69) is 5.48 Å². The Morgan fingerprint density at radius 2 is 2.25 bits per heavy atom. The highest BCUT2D eigenvalue weighted by Gasteiger charge is 2.24. The molecular weight excluding hydrogens is 197 g/mol. The average Bonchev–Trinajstić information content (AvgIpc) is 2.08. The highest BCUT2D eigenvalue weighted by molar-refractivity contribution is 6.32. The van der Waals surface area contributed by atoms with E-state index in [4.69, 9.17) is 28.4 Å². The second-order valence-electron chi connectivity index (χ2n) is 2.75. The molecule has 0 fully saturated rings. The fraction of sp³-hybridized carbons (Fsp3) is 0.500. The minimum atomic E-state index is -0.244. The Morgan fingerprint density at radius 3 is 2.83 bits per heavy atom. The van der Waals surface area contributed by atoms with E-state index < -0.39 is 0 Å².